The fourth-order valence-corrected chi connectivity index (χ4v) is 2.00. The summed E-state index contributed by atoms with van der Waals surface area (Å²) in [6.07, 6.45) is -0.904. The fourth-order valence-electron chi connectivity index (χ4n) is 1.52. The molecule has 22 heavy (non-hydrogen) atoms. The zero-order valence-corrected chi connectivity index (χ0v) is 14.6. The summed E-state index contributed by atoms with van der Waals surface area (Å²) in [4.78, 5) is 11.2. The molecule has 0 aromatic heterocycles. The largest absolute Gasteiger partial charge is 0.514 e. The normalized spacial score (nSPS) is 10.4. The van der Waals surface area contributed by atoms with Gasteiger partial charge in [-0.2, -0.15) is 8.42 Å². The Labute approximate surface area is 150 Å². The molecule has 2 aromatic rings. The van der Waals surface area contributed by atoms with E-state index in [1.165, 1.54) is 12.1 Å². The Morgan fingerprint density at radius 2 is 1.59 bits per heavy atom. The molecule has 8 heteroatoms. The molecular weight excluding hydrogens is 319 g/mol. The van der Waals surface area contributed by atoms with E-state index in [4.69, 9.17) is 14.0 Å². The quantitative estimate of drug-likeness (QED) is 0.400. The number of carbonyl (C=O) groups excluding carboxylic acids is 1. The second kappa shape index (κ2) is 8.30. The van der Waals surface area contributed by atoms with Crippen LogP contribution in [0.5, 0.6) is 5.75 Å². The van der Waals surface area contributed by atoms with E-state index in [-0.39, 0.29) is 46.8 Å². The van der Waals surface area contributed by atoms with Crippen molar-refractivity contribution in [2.24, 2.45) is 0 Å². The maximum absolute atomic E-state index is 11.5. The zero-order valence-electron chi connectivity index (χ0n) is 11.8. The van der Waals surface area contributed by atoms with E-state index < -0.39 is 16.3 Å². The van der Waals surface area contributed by atoms with Gasteiger partial charge < -0.3 is 9.47 Å². The monoisotopic (exact) mass is 331 g/mol. The second-order valence-electron chi connectivity index (χ2n) is 4.07. The van der Waals surface area contributed by atoms with Gasteiger partial charge in [-0.05, 0) is 29.8 Å². The van der Waals surface area contributed by atoms with Crippen LogP contribution in [-0.2, 0) is 21.5 Å². The number of rotatable bonds is 4. The van der Waals surface area contributed by atoms with Gasteiger partial charge in [0.2, 0.25) is 0 Å². The molecule has 0 spiro atoms. The Morgan fingerprint density at radius 1 is 1.00 bits per heavy atom. The third-order valence-corrected chi connectivity index (χ3v) is 3.39. The summed E-state index contributed by atoms with van der Waals surface area (Å²) in [5.41, 5.74) is 0.816. The molecule has 0 atom stereocenters. The summed E-state index contributed by atoms with van der Waals surface area (Å²) in [6, 6.07) is 13.8. The molecule has 2 rings (SSSR count). The molecule has 1 N–H and O–H groups in total. The summed E-state index contributed by atoms with van der Waals surface area (Å²) < 4.78 is 40.3. The average molecular weight is 331 g/mol. The van der Waals surface area contributed by atoms with Gasteiger partial charge in [-0.1, -0.05) is 30.3 Å². The Morgan fingerprint density at radius 3 is 2.14 bits per heavy atom. The SMILES string of the molecule is O=C(OCc1ccccc1)Oc1ccc(S(=O)(=O)O)cc1.[Na]. The predicted molar refractivity (Wildman–Crippen MR) is 79.3 cm³/mol. The predicted octanol–water partition coefficient (Wildman–Crippen LogP) is 2.27. The molecule has 0 bridgehead atoms. The maximum Gasteiger partial charge on any atom is 0.514 e. The van der Waals surface area contributed by atoms with Crippen molar-refractivity contribution in [1.82, 2.24) is 0 Å². The van der Waals surface area contributed by atoms with Crippen molar-refractivity contribution < 1.29 is 27.2 Å². The van der Waals surface area contributed by atoms with Crippen LogP contribution in [0.4, 0.5) is 4.79 Å². The standard InChI is InChI=1S/C14H12O6S.Na/c15-14(19-10-11-4-2-1-3-5-11)20-12-6-8-13(9-7-12)21(16,17)18;/h1-9H,10H2,(H,16,17,18);. The van der Waals surface area contributed by atoms with Gasteiger partial charge in [-0.3, -0.25) is 4.55 Å². The van der Waals surface area contributed by atoms with Crippen LogP contribution in [0.1, 0.15) is 5.56 Å². The van der Waals surface area contributed by atoms with Crippen molar-refractivity contribution in [1.29, 1.82) is 0 Å². The number of hydrogen-bond acceptors (Lipinski definition) is 5. The fraction of sp³-hybridized carbons (Fsp3) is 0.0714. The van der Waals surface area contributed by atoms with E-state index in [0.29, 0.717) is 0 Å². The number of hydrogen-bond donors (Lipinski definition) is 1. The minimum Gasteiger partial charge on any atom is -0.429 e. The Kier molecular flexibility index (Phi) is 7.05. The van der Waals surface area contributed by atoms with E-state index in [2.05, 4.69) is 0 Å². The Hall–Kier alpha value is -1.38. The third kappa shape index (κ3) is 5.78. The van der Waals surface area contributed by atoms with E-state index in [9.17, 15) is 13.2 Å². The van der Waals surface area contributed by atoms with Crippen LogP contribution in [0, 0.1) is 0 Å². The van der Waals surface area contributed by atoms with Crippen molar-refractivity contribution in [3.05, 3.63) is 60.2 Å². The van der Waals surface area contributed by atoms with Gasteiger partial charge in [-0.15, -0.1) is 0 Å². The first kappa shape index (κ1) is 18.7. The number of carbonyl (C=O) groups is 1. The average Bonchev–Trinajstić information content (AvgIpc) is 2.46. The summed E-state index contributed by atoms with van der Waals surface area (Å²) in [6.45, 7) is 0.0722. The maximum atomic E-state index is 11.5. The molecule has 0 aliphatic rings. The van der Waals surface area contributed by atoms with Crippen LogP contribution in [0.2, 0.25) is 0 Å². The minimum absolute atomic E-state index is 0. The molecule has 0 aliphatic carbocycles. The molecule has 0 aliphatic heterocycles. The van der Waals surface area contributed by atoms with E-state index >= 15 is 0 Å². The molecule has 2 aromatic carbocycles. The van der Waals surface area contributed by atoms with Gasteiger partial charge in [-0.25, -0.2) is 4.79 Å². The molecule has 0 fully saturated rings. The molecule has 0 heterocycles. The first-order valence-corrected chi connectivity index (χ1v) is 7.35. The Bertz CT molecular complexity index is 713. The van der Waals surface area contributed by atoms with E-state index in [1.54, 1.807) is 12.1 Å². The molecule has 0 saturated carbocycles. The van der Waals surface area contributed by atoms with Crippen molar-refractivity contribution in [2.45, 2.75) is 11.5 Å². The van der Waals surface area contributed by atoms with E-state index in [1.807, 2.05) is 18.2 Å². The molecule has 0 unspecified atom stereocenters. The summed E-state index contributed by atoms with van der Waals surface area (Å²) in [5.74, 6) is 0.112. The van der Waals surface area contributed by atoms with Gasteiger partial charge in [0.05, 0.1) is 4.90 Å². The van der Waals surface area contributed by atoms with Gasteiger partial charge in [0.25, 0.3) is 10.1 Å². The first-order valence-electron chi connectivity index (χ1n) is 5.91. The zero-order chi connectivity index (χ0) is 15.3. The minimum atomic E-state index is -4.27. The van der Waals surface area contributed by atoms with Crippen LogP contribution in [-0.4, -0.2) is 48.7 Å². The van der Waals surface area contributed by atoms with Gasteiger partial charge in [0.1, 0.15) is 12.4 Å². The van der Waals surface area contributed by atoms with Crippen molar-refractivity contribution in [2.75, 3.05) is 0 Å². The summed E-state index contributed by atoms with van der Waals surface area (Å²) in [7, 11) is -4.27. The second-order valence-corrected chi connectivity index (χ2v) is 5.49. The Balaban J connectivity index is 0.00000242. The van der Waals surface area contributed by atoms with E-state index in [0.717, 1.165) is 17.7 Å². The number of ether oxygens (including phenoxy) is 2. The summed E-state index contributed by atoms with van der Waals surface area (Å²) in [5, 5.41) is 0. The molecule has 1 radical (unpaired) electrons. The number of benzene rings is 2. The van der Waals surface area contributed by atoms with Crippen LogP contribution >= 0.6 is 0 Å². The van der Waals surface area contributed by atoms with Crippen LogP contribution in [0.15, 0.2) is 59.5 Å². The van der Waals surface area contributed by atoms with Gasteiger partial charge in [0, 0.05) is 29.6 Å². The molecule has 111 valence electrons. The van der Waals surface area contributed by atoms with Gasteiger partial charge >= 0.3 is 6.16 Å². The third-order valence-electron chi connectivity index (χ3n) is 2.52. The molecular formula is C14H12NaO6S. The van der Waals surface area contributed by atoms with Crippen molar-refractivity contribution in [3.8, 4) is 5.75 Å². The van der Waals surface area contributed by atoms with Crippen molar-refractivity contribution in [3.63, 3.8) is 0 Å². The molecule has 0 amide bonds. The first-order chi connectivity index (χ1) is 9.95. The van der Waals surface area contributed by atoms with Crippen molar-refractivity contribution >= 4 is 45.8 Å². The summed E-state index contributed by atoms with van der Waals surface area (Å²) >= 11 is 0. The van der Waals surface area contributed by atoms with Crippen LogP contribution in [0.25, 0.3) is 0 Å². The molecule has 0 saturated heterocycles. The smallest absolute Gasteiger partial charge is 0.429 e. The van der Waals surface area contributed by atoms with Crippen LogP contribution in [0.3, 0.4) is 0 Å². The van der Waals surface area contributed by atoms with Gasteiger partial charge in [0.15, 0.2) is 0 Å². The van der Waals surface area contributed by atoms with Crippen LogP contribution < -0.4 is 4.74 Å². The topological polar surface area (TPSA) is 89.9 Å². The molecule has 6 nitrogen and oxygen atoms in total.